The van der Waals surface area contributed by atoms with Crippen LogP contribution in [-0.4, -0.2) is 13.2 Å². The van der Waals surface area contributed by atoms with Crippen LogP contribution >= 0.6 is 0 Å². The molecule has 15 heavy (non-hydrogen) atoms. The van der Waals surface area contributed by atoms with Gasteiger partial charge >= 0.3 is 0 Å². The molecule has 0 amide bonds. The van der Waals surface area contributed by atoms with E-state index < -0.39 is 0 Å². The molecule has 0 aromatic carbocycles. The summed E-state index contributed by atoms with van der Waals surface area (Å²) in [6, 6.07) is 0. The molecule has 1 nitrogen and oxygen atoms in total. The maximum Gasteiger partial charge on any atom is 0.0514 e. The summed E-state index contributed by atoms with van der Waals surface area (Å²) in [6.45, 7) is 22.8. The van der Waals surface area contributed by atoms with Crippen LogP contribution in [0.25, 0.3) is 0 Å². The second-order valence-corrected chi connectivity index (χ2v) is 5.61. The van der Waals surface area contributed by atoms with Gasteiger partial charge in [-0.2, -0.15) is 0 Å². The normalized spacial score (nSPS) is 10.8. The van der Waals surface area contributed by atoms with Gasteiger partial charge in [0.15, 0.2) is 0 Å². The summed E-state index contributed by atoms with van der Waals surface area (Å²) < 4.78 is 5.56. The van der Waals surface area contributed by atoms with E-state index in [1.165, 1.54) is 0 Å². The van der Waals surface area contributed by atoms with Gasteiger partial charge in [-0.3, -0.25) is 0 Å². The first-order chi connectivity index (χ1) is 6.71. The lowest BCUT2D eigenvalue weighted by molar-refractivity contribution is 0.0275. The van der Waals surface area contributed by atoms with Crippen molar-refractivity contribution >= 4 is 0 Å². The molecule has 0 unspecified atom stereocenters. The fourth-order valence-electron chi connectivity index (χ4n) is 0.663. The van der Waals surface area contributed by atoms with Crippen molar-refractivity contribution in [3.05, 3.63) is 0 Å². The van der Waals surface area contributed by atoms with E-state index in [0.717, 1.165) is 13.2 Å². The standard InChI is InChI=1S/C10H22O.2C2H6/c1-9(2,3)7-11-8-10(4,5)6;2*1-2/h7-8H2,1-6H3;2*1-2H3. The van der Waals surface area contributed by atoms with Gasteiger partial charge in [0.2, 0.25) is 0 Å². The number of hydrogen-bond acceptors (Lipinski definition) is 1. The Morgan fingerprint density at radius 1 is 0.600 bits per heavy atom. The highest BCUT2D eigenvalue weighted by molar-refractivity contribution is 4.63. The Morgan fingerprint density at radius 3 is 0.933 bits per heavy atom. The molecule has 0 atom stereocenters. The van der Waals surface area contributed by atoms with Crippen LogP contribution in [0.3, 0.4) is 0 Å². The molecule has 0 saturated heterocycles. The maximum atomic E-state index is 5.56. The Kier molecular flexibility index (Phi) is 14.2. The zero-order chi connectivity index (χ0) is 13.1. The lowest BCUT2D eigenvalue weighted by Gasteiger charge is -2.23. The summed E-state index contributed by atoms with van der Waals surface area (Å²) in [5, 5.41) is 0. The predicted molar refractivity (Wildman–Crippen MR) is 72.4 cm³/mol. The third-order valence-electron chi connectivity index (χ3n) is 1.07. The van der Waals surface area contributed by atoms with Crippen molar-refractivity contribution in [3.63, 3.8) is 0 Å². The molecule has 0 rings (SSSR count). The molecule has 0 heterocycles. The highest BCUT2D eigenvalue weighted by Gasteiger charge is 2.14. The van der Waals surface area contributed by atoms with Gasteiger partial charge in [0.05, 0.1) is 13.2 Å². The van der Waals surface area contributed by atoms with Gasteiger partial charge in [0.25, 0.3) is 0 Å². The van der Waals surface area contributed by atoms with E-state index in [1.807, 2.05) is 27.7 Å². The van der Waals surface area contributed by atoms with Crippen LogP contribution in [0.15, 0.2) is 0 Å². The Labute approximate surface area is 98.6 Å². The fourth-order valence-corrected chi connectivity index (χ4v) is 0.663. The molecule has 0 aromatic rings. The third kappa shape index (κ3) is 31.5. The summed E-state index contributed by atoms with van der Waals surface area (Å²) in [4.78, 5) is 0. The minimum absolute atomic E-state index is 0.297. The van der Waals surface area contributed by atoms with Crippen LogP contribution in [0.1, 0.15) is 69.2 Å². The lowest BCUT2D eigenvalue weighted by atomic mass is 9.97. The van der Waals surface area contributed by atoms with E-state index in [2.05, 4.69) is 41.5 Å². The van der Waals surface area contributed by atoms with Gasteiger partial charge in [-0.1, -0.05) is 69.2 Å². The molecule has 1 heteroatoms. The third-order valence-corrected chi connectivity index (χ3v) is 1.07. The second-order valence-electron chi connectivity index (χ2n) is 5.61. The molecule has 0 aliphatic rings. The second kappa shape index (κ2) is 10.5. The zero-order valence-corrected chi connectivity index (χ0v) is 12.8. The molecule has 0 aliphatic carbocycles. The topological polar surface area (TPSA) is 9.23 Å². The highest BCUT2D eigenvalue weighted by atomic mass is 16.5. The van der Waals surface area contributed by atoms with E-state index in [9.17, 15) is 0 Å². The molecule has 0 aromatic heterocycles. The average molecular weight is 218 g/mol. The van der Waals surface area contributed by atoms with Crippen molar-refractivity contribution in [2.24, 2.45) is 10.8 Å². The van der Waals surface area contributed by atoms with E-state index in [4.69, 9.17) is 4.74 Å². The first-order valence-corrected chi connectivity index (χ1v) is 6.28. The Bertz CT molecular complexity index is 89.5. The summed E-state index contributed by atoms with van der Waals surface area (Å²) in [6.07, 6.45) is 0. The SMILES string of the molecule is CC.CC.CC(C)(C)COCC(C)(C)C. The molecular weight excluding hydrogens is 184 g/mol. The Morgan fingerprint density at radius 2 is 0.800 bits per heavy atom. The summed E-state index contributed by atoms with van der Waals surface area (Å²) >= 11 is 0. The minimum atomic E-state index is 0.297. The smallest absolute Gasteiger partial charge is 0.0514 e. The minimum Gasteiger partial charge on any atom is -0.380 e. The molecule has 0 fully saturated rings. The first-order valence-electron chi connectivity index (χ1n) is 6.28. The van der Waals surface area contributed by atoms with Crippen LogP contribution in [0.5, 0.6) is 0 Å². The largest absolute Gasteiger partial charge is 0.380 e. The number of hydrogen-bond donors (Lipinski definition) is 0. The Balaban J connectivity index is -0.000000318. The van der Waals surface area contributed by atoms with Crippen molar-refractivity contribution in [2.75, 3.05) is 13.2 Å². The number of ether oxygens (including phenoxy) is 1. The Hall–Kier alpha value is -0.0400. The molecule has 0 spiro atoms. The van der Waals surface area contributed by atoms with E-state index in [1.54, 1.807) is 0 Å². The van der Waals surface area contributed by atoms with E-state index in [0.29, 0.717) is 10.8 Å². The van der Waals surface area contributed by atoms with Crippen molar-refractivity contribution < 1.29 is 4.74 Å². The monoisotopic (exact) mass is 218 g/mol. The average Bonchev–Trinajstić information content (AvgIpc) is 2.07. The maximum absolute atomic E-state index is 5.56. The summed E-state index contributed by atoms with van der Waals surface area (Å²) in [7, 11) is 0. The molecule has 0 bridgehead atoms. The first kappa shape index (κ1) is 20.4. The molecule has 0 aliphatic heterocycles. The van der Waals surface area contributed by atoms with Crippen molar-refractivity contribution in [2.45, 2.75) is 69.2 Å². The molecule has 0 N–H and O–H groups in total. The van der Waals surface area contributed by atoms with Gasteiger partial charge in [0.1, 0.15) is 0 Å². The van der Waals surface area contributed by atoms with Gasteiger partial charge in [-0.25, -0.2) is 0 Å². The summed E-state index contributed by atoms with van der Waals surface area (Å²) in [5.41, 5.74) is 0.594. The molecule has 0 saturated carbocycles. The highest BCUT2D eigenvalue weighted by Crippen LogP contribution is 2.17. The van der Waals surface area contributed by atoms with Gasteiger partial charge in [-0.05, 0) is 10.8 Å². The lowest BCUT2D eigenvalue weighted by Crippen LogP contribution is -2.21. The van der Waals surface area contributed by atoms with Crippen LogP contribution in [0.4, 0.5) is 0 Å². The van der Waals surface area contributed by atoms with Gasteiger partial charge in [0, 0.05) is 0 Å². The number of rotatable bonds is 2. The van der Waals surface area contributed by atoms with E-state index >= 15 is 0 Å². The predicted octanol–water partition coefficient (Wildman–Crippen LogP) is 5.15. The zero-order valence-electron chi connectivity index (χ0n) is 12.8. The summed E-state index contributed by atoms with van der Waals surface area (Å²) in [5.74, 6) is 0. The van der Waals surface area contributed by atoms with Crippen LogP contribution < -0.4 is 0 Å². The van der Waals surface area contributed by atoms with E-state index in [-0.39, 0.29) is 0 Å². The van der Waals surface area contributed by atoms with Crippen LogP contribution in [0.2, 0.25) is 0 Å². The molecular formula is C14H34O. The van der Waals surface area contributed by atoms with Gasteiger partial charge < -0.3 is 4.74 Å². The molecule has 0 radical (unpaired) electrons. The quantitative estimate of drug-likeness (QED) is 0.623. The fraction of sp³-hybridized carbons (Fsp3) is 1.00. The van der Waals surface area contributed by atoms with Crippen molar-refractivity contribution in [3.8, 4) is 0 Å². The van der Waals surface area contributed by atoms with Crippen LogP contribution in [0, 0.1) is 10.8 Å². The van der Waals surface area contributed by atoms with Crippen LogP contribution in [-0.2, 0) is 4.74 Å². The van der Waals surface area contributed by atoms with Crippen molar-refractivity contribution in [1.82, 2.24) is 0 Å². The van der Waals surface area contributed by atoms with Crippen molar-refractivity contribution in [1.29, 1.82) is 0 Å². The van der Waals surface area contributed by atoms with Gasteiger partial charge in [-0.15, -0.1) is 0 Å². The molecule has 96 valence electrons.